The number of fused-ring (bicyclic) bond motifs is 2. The first kappa shape index (κ1) is 14.7. The Morgan fingerprint density at radius 1 is 1.14 bits per heavy atom. The highest BCUT2D eigenvalue weighted by Crippen LogP contribution is 2.50. The van der Waals surface area contributed by atoms with Crippen LogP contribution in [0.15, 0.2) is 52.3 Å². The fourth-order valence-corrected chi connectivity index (χ4v) is 3.10. The minimum atomic E-state index is -0.641. The summed E-state index contributed by atoms with van der Waals surface area (Å²) in [4.78, 5) is 13.6. The first-order valence-electron chi connectivity index (χ1n) is 6.61. The number of nitrogens with one attached hydrogen (secondary N) is 1. The molecule has 2 amide bonds. The predicted octanol–water partition coefficient (Wildman–Crippen LogP) is 3.33. The molecule has 0 aliphatic carbocycles. The number of benzene rings is 2. The molecule has 0 radical (unpaired) electrons. The number of amides is 2. The maximum absolute atomic E-state index is 12.0. The average molecular weight is 317 g/mol. The lowest BCUT2D eigenvalue weighted by molar-refractivity contribution is 0.180. The van der Waals surface area contributed by atoms with Gasteiger partial charge in [0.25, 0.3) is 0 Å². The quantitative estimate of drug-likeness (QED) is 0.561. The van der Waals surface area contributed by atoms with Crippen LogP contribution in [0.5, 0.6) is 11.5 Å². The monoisotopic (exact) mass is 317 g/mol. The van der Waals surface area contributed by atoms with E-state index in [1.807, 2.05) is 24.3 Å². The summed E-state index contributed by atoms with van der Waals surface area (Å²) in [6, 6.07) is 12.2. The van der Waals surface area contributed by atoms with Crippen molar-refractivity contribution in [1.29, 1.82) is 0 Å². The van der Waals surface area contributed by atoms with Gasteiger partial charge in [0.15, 0.2) is 0 Å². The molecule has 0 aromatic heterocycles. The van der Waals surface area contributed by atoms with Crippen LogP contribution in [-0.4, -0.2) is 30.3 Å². The number of hydrogen-bond acceptors (Lipinski definition) is 5. The maximum Gasteiger partial charge on any atom is 0.360 e. The van der Waals surface area contributed by atoms with Crippen LogP contribution in [0.2, 0.25) is 0 Å². The van der Waals surface area contributed by atoms with Crippen molar-refractivity contribution < 1.29 is 14.7 Å². The van der Waals surface area contributed by atoms with Crippen LogP contribution in [-0.2, 0) is 0 Å². The largest absolute Gasteiger partial charge is 0.455 e. The maximum atomic E-state index is 12.0. The second kappa shape index (κ2) is 5.88. The topological polar surface area (TPSA) is 65.0 Å². The Morgan fingerprint density at radius 2 is 1.86 bits per heavy atom. The molecule has 6 nitrogen and oxygen atoms in total. The van der Waals surface area contributed by atoms with Gasteiger partial charge in [0.05, 0.1) is 15.5 Å². The lowest BCUT2D eigenvalue weighted by atomic mass is 10.2. The second-order valence-corrected chi connectivity index (χ2v) is 5.93. The molecule has 0 saturated heterocycles. The summed E-state index contributed by atoms with van der Waals surface area (Å²) in [7, 11) is 3.33. The molecular weight excluding hydrogens is 302 g/mol. The highest BCUT2D eigenvalue weighted by Gasteiger charge is 2.25. The molecule has 1 aliphatic heterocycles. The normalized spacial score (nSPS) is 12.2. The van der Waals surface area contributed by atoms with Crippen LogP contribution >= 0.6 is 11.8 Å². The Kier molecular flexibility index (Phi) is 3.93. The zero-order valence-electron chi connectivity index (χ0n) is 12.1. The smallest absolute Gasteiger partial charge is 0.360 e. The number of carbonyl (C=O) groups is 1. The van der Waals surface area contributed by atoms with Gasteiger partial charge in [-0.05, 0) is 24.3 Å². The number of nitrogens with zero attached hydrogens (tertiary/aromatic N) is 2. The fraction of sp³-hybridized carbons (Fsp3) is 0.133. The summed E-state index contributed by atoms with van der Waals surface area (Å²) in [5.41, 5.74) is 2.86. The summed E-state index contributed by atoms with van der Waals surface area (Å²) in [6.07, 6.45) is 0. The molecule has 2 N–H and O–H groups in total. The van der Waals surface area contributed by atoms with Crippen LogP contribution < -0.4 is 15.2 Å². The summed E-state index contributed by atoms with van der Waals surface area (Å²) in [5.74, 6) is 1.37. The van der Waals surface area contributed by atoms with Gasteiger partial charge in [-0.3, -0.25) is 10.6 Å². The van der Waals surface area contributed by atoms with Crippen LogP contribution in [0.3, 0.4) is 0 Å². The summed E-state index contributed by atoms with van der Waals surface area (Å²) >= 11 is 1.45. The van der Waals surface area contributed by atoms with E-state index in [0.29, 0.717) is 21.4 Å². The zero-order valence-corrected chi connectivity index (χ0v) is 12.9. The van der Waals surface area contributed by atoms with Gasteiger partial charge < -0.3 is 4.74 Å². The lowest BCUT2D eigenvalue weighted by Crippen LogP contribution is -2.44. The van der Waals surface area contributed by atoms with Gasteiger partial charge in [0.2, 0.25) is 0 Å². The standard InChI is InChI=1S/C15H15N3O3S/c1-17(2)16-15(19)18(20)10-6-5-8-12-14(10)22-13-9-4-3-7-11(13)21-12/h3-9,20H,1-2H3,(H,16,19). The van der Waals surface area contributed by atoms with Crippen LogP contribution in [0, 0.1) is 0 Å². The first-order valence-corrected chi connectivity index (χ1v) is 7.42. The summed E-state index contributed by atoms with van der Waals surface area (Å²) in [6.45, 7) is 0. The number of hydroxylamine groups is 1. The van der Waals surface area contributed by atoms with Gasteiger partial charge in [0, 0.05) is 14.1 Å². The average Bonchev–Trinajstić information content (AvgIpc) is 2.51. The minimum Gasteiger partial charge on any atom is -0.455 e. The Morgan fingerprint density at radius 3 is 2.64 bits per heavy atom. The number of hydrogen-bond donors (Lipinski definition) is 2. The van der Waals surface area contributed by atoms with E-state index in [-0.39, 0.29) is 0 Å². The number of para-hydroxylation sites is 1. The van der Waals surface area contributed by atoms with E-state index in [1.54, 1.807) is 32.3 Å². The molecule has 2 aromatic rings. The Hall–Kier alpha value is -2.22. The molecule has 1 heterocycles. The third kappa shape index (κ3) is 2.74. The second-order valence-electron chi connectivity index (χ2n) is 4.88. The van der Waals surface area contributed by atoms with Crippen LogP contribution in [0.1, 0.15) is 0 Å². The van der Waals surface area contributed by atoms with Crippen molar-refractivity contribution in [2.75, 3.05) is 19.2 Å². The molecule has 7 heteroatoms. The van der Waals surface area contributed by atoms with E-state index in [4.69, 9.17) is 4.74 Å². The Labute approximate surface area is 132 Å². The minimum absolute atomic E-state index is 0.372. The highest BCUT2D eigenvalue weighted by molar-refractivity contribution is 7.99. The van der Waals surface area contributed by atoms with Gasteiger partial charge in [-0.1, -0.05) is 30.0 Å². The molecule has 0 unspecified atom stereocenters. The van der Waals surface area contributed by atoms with Gasteiger partial charge >= 0.3 is 6.03 Å². The van der Waals surface area contributed by atoms with E-state index >= 15 is 0 Å². The molecule has 0 saturated carbocycles. The SMILES string of the molecule is CN(C)NC(=O)N(O)c1cccc2c1Sc1ccccc1O2. The number of anilines is 1. The Bertz CT molecular complexity index is 721. The van der Waals surface area contributed by atoms with Crippen molar-refractivity contribution >= 4 is 23.5 Å². The van der Waals surface area contributed by atoms with Crippen molar-refractivity contribution in [3.63, 3.8) is 0 Å². The van der Waals surface area contributed by atoms with Gasteiger partial charge in [-0.25, -0.2) is 9.80 Å². The van der Waals surface area contributed by atoms with E-state index in [9.17, 15) is 10.0 Å². The van der Waals surface area contributed by atoms with Crippen molar-refractivity contribution in [1.82, 2.24) is 10.4 Å². The molecule has 0 spiro atoms. The number of ether oxygens (including phenoxy) is 1. The molecule has 3 rings (SSSR count). The van der Waals surface area contributed by atoms with E-state index in [0.717, 1.165) is 10.6 Å². The molecular formula is C15H15N3O3S. The third-order valence-corrected chi connectivity index (χ3v) is 4.15. The summed E-state index contributed by atoms with van der Waals surface area (Å²) < 4.78 is 5.83. The fourth-order valence-electron chi connectivity index (χ4n) is 2.05. The molecule has 0 bridgehead atoms. The number of urea groups is 1. The van der Waals surface area contributed by atoms with Crippen LogP contribution in [0.4, 0.5) is 10.5 Å². The number of rotatable bonds is 2. The highest BCUT2D eigenvalue weighted by atomic mass is 32.2. The van der Waals surface area contributed by atoms with E-state index in [1.165, 1.54) is 16.8 Å². The van der Waals surface area contributed by atoms with Crippen molar-refractivity contribution in [3.05, 3.63) is 42.5 Å². The number of hydrazine groups is 1. The summed E-state index contributed by atoms with van der Waals surface area (Å²) in [5, 5.41) is 12.2. The Balaban J connectivity index is 1.94. The first-order chi connectivity index (χ1) is 10.6. The van der Waals surface area contributed by atoms with Crippen molar-refractivity contribution in [2.45, 2.75) is 9.79 Å². The van der Waals surface area contributed by atoms with Crippen molar-refractivity contribution in [2.24, 2.45) is 0 Å². The third-order valence-electron chi connectivity index (χ3n) is 2.98. The van der Waals surface area contributed by atoms with E-state index in [2.05, 4.69) is 5.43 Å². The molecule has 1 aliphatic rings. The molecule has 114 valence electrons. The molecule has 22 heavy (non-hydrogen) atoms. The number of carbonyl (C=O) groups excluding carboxylic acids is 1. The predicted molar refractivity (Wildman–Crippen MR) is 83.6 cm³/mol. The van der Waals surface area contributed by atoms with Gasteiger partial charge in [0.1, 0.15) is 11.5 Å². The van der Waals surface area contributed by atoms with Gasteiger partial charge in [-0.15, -0.1) is 0 Å². The zero-order chi connectivity index (χ0) is 15.7. The molecule has 0 atom stereocenters. The van der Waals surface area contributed by atoms with Crippen LogP contribution in [0.25, 0.3) is 0 Å². The lowest BCUT2D eigenvalue weighted by Gasteiger charge is -2.25. The van der Waals surface area contributed by atoms with Crippen molar-refractivity contribution in [3.8, 4) is 11.5 Å². The van der Waals surface area contributed by atoms with Gasteiger partial charge in [-0.2, -0.15) is 5.06 Å². The molecule has 0 fully saturated rings. The molecule has 2 aromatic carbocycles. The van der Waals surface area contributed by atoms with E-state index < -0.39 is 6.03 Å².